The summed E-state index contributed by atoms with van der Waals surface area (Å²) in [6.07, 6.45) is 8.28. The van der Waals surface area contributed by atoms with E-state index in [1.807, 2.05) is 30.5 Å². The highest BCUT2D eigenvalue weighted by Gasteiger charge is 2.49. The Morgan fingerprint density at radius 3 is 1.91 bits per heavy atom. The molecular weight excluding hydrogens is 667 g/mol. The number of hydrogen-bond acceptors (Lipinski definition) is 3. The maximum atomic E-state index is 5.29. The normalized spacial score (nSPS) is 14.9. The molecule has 0 N–H and O–H groups in total. The van der Waals surface area contributed by atoms with Crippen LogP contribution in [0, 0.1) is 0 Å². The van der Waals surface area contributed by atoms with Crippen molar-refractivity contribution in [1.82, 2.24) is 15.0 Å². The molecule has 0 amide bonds. The van der Waals surface area contributed by atoms with Gasteiger partial charge in [0.1, 0.15) is 0 Å². The molecule has 1 atom stereocenters. The fourth-order valence-corrected chi connectivity index (χ4v) is 8.95. The quantitative estimate of drug-likeness (QED) is 0.184. The van der Waals surface area contributed by atoms with Gasteiger partial charge >= 0.3 is 0 Å². The van der Waals surface area contributed by atoms with Gasteiger partial charge in [0.25, 0.3) is 0 Å². The van der Waals surface area contributed by atoms with E-state index >= 15 is 0 Å². The second-order valence-electron chi connectivity index (χ2n) is 14.4. The minimum Gasteiger partial charge on any atom is -0.264 e. The molecule has 0 saturated heterocycles. The molecule has 2 aliphatic carbocycles. The van der Waals surface area contributed by atoms with Crippen molar-refractivity contribution >= 4 is 22.9 Å². The lowest BCUT2D eigenvalue weighted by molar-refractivity contribution is 0.767. The predicted molar refractivity (Wildman–Crippen MR) is 225 cm³/mol. The van der Waals surface area contributed by atoms with E-state index in [0.717, 1.165) is 39.2 Å². The van der Waals surface area contributed by atoms with Crippen LogP contribution >= 0.6 is 0 Å². The lowest BCUT2D eigenvalue weighted by Crippen LogP contribution is -2.30. The lowest BCUT2D eigenvalue weighted by Gasteiger charge is -2.35. The van der Waals surface area contributed by atoms with Crippen molar-refractivity contribution in [1.29, 1.82) is 0 Å². The molecule has 0 saturated carbocycles. The molecule has 0 fully saturated rings. The van der Waals surface area contributed by atoms with Crippen LogP contribution < -0.4 is 0 Å². The minimum atomic E-state index is -0.554. The van der Waals surface area contributed by atoms with Crippen LogP contribution in [0.1, 0.15) is 33.4 Å². The Balaban J connectivity index is 1.16. The summed E-state index contributed by atoms with van der Waals surface area (Å²) in [5.41, 5.74) is 16.6. The first kappa shape index (κ1) is 31.3. The highest BCUT2D eigenvalue weighted by Crippen LogP contribution is 2.60. The maximum absolute atomic E-state index is 5.29. The molecule has 0 bridgehead atoms. The number of rotatable bonds is 4. The van der Waals surface area contributed by atoms with Crippen molar-refractivity contribution in [2.24, 2.45) is 0 Å². The van der Waals surface area contributed by atoms with Gasteiger partial charge in [-0.2, -0.15) is 0 Å². The van der Waals surface area contributed by atoms with Crippen molar-refractivity contribution in [3.8, 4) is 56.2 Å². The summed E-state index contributed by atoms with van der Waals surface area (Å²) in [4.78, 5) is 14.8. The van der Waals surface area contributed by atoms with Gasteiger partial charge in [-0.1, -0.05) is 170 Å². The highest BCUT2D eigenvalue weighted by molar-refractivity contribution is 6.05. The number of aromatic nitrogens is 3. The second kappa shape index (κ2) is 12.4. The molecule has 2 heterocycles. The van der Waals surface area contributed by atoms with Gasteiger partial charge in [0, 0.05) is 29.1 Å². The largest absolute Gasteiger partial charge is 0.264 e. The Kier molecular flexibility index (Phi) is 7.08. The third-order valence-electron chi connectivity index (χ3n) is 11.4. The molecular formula is C52H33N3. The Bertz CT molecular complexity index is 2970. The van der Waals surface area contributed by atoms with Crippen LogP contribution in [0.4, 0.5) is 0 Å². The van der Waals surface area contributed by atoms with Gasteiger partial charge in [0.15, 0.2) is 5.82 Å². The number of pyridine rings is 1. The standard InChI is InChI=1S/C52H33N3/c1-2-13-39(14-3-1)51-54-48(38-25-20-34(21-26-38)41-15-10-30-53-33-41)32-49(55-51)40-27-24-37-23-22-36-12-5-8-18-44(36)52(47(37)31-40)45-19-9-7-17-43(45)50-42-16-6-4-11-35(42)28-29-46(50)52/h1-33H. The van der Waals surface area contributed by atoms with E-state index in [4.69, 9.17) is 9.97 Å². The average Bonchev–Trinajstić information content (AvgIpc) is 3.48. The SMILES string of the molecule is C1=Cc2ccc(-c3cc(-c4ccc(-c5cccnc5)cc4)nc(-c4ccccc4)n3)cc2C2(c3ccccc31)c1ccccc1-c1c2ccc2ccccc12. The fourth-order valence-electron chi connectivity index (χ4n) is 8.95. The van der Waals surface area contributed by atoms with Crippen LogP contribution in [-0.2, 0) is 5.41 Å². The van der Waals surface area contributed by atoms with Gasteiger partial charge in [-0.25, -0.2) is 9.97 Å². The molecule has 2 aromatic heterocycles. The lowest BCUT2D eigenvalue weighted by atomic mass is 9.65. The Hall–Kier alpha value is -7.23. The van der Waals surface area contributed by atoms with E-state index < -0.39 is 5.41 Å². The van der Waals surface area contributed by atoms with Gasteiger partial charge in [0.2, 0.25) is 0 Å². The molecule has 0 radical (unpaired) electrons. The summed E-state index contributed by atoms with van der Waals surface area (Å²) in [6.45, 7) is 0. The van der Waals surface area contributed by atoms with Gasteiger partial charge in [0.05, 0.1) is 16.8 Å². The van der Waals surface area contributed by atoms with E-state index in [2.05, 4.69) is 169 Å². The van der Waals surface area contributed by atoms with Crippen LogP contribution in [0.2, 0.25) is 0 Å². The molecule has 7 aromatic carbocycles. The molecule has 0 aliphatic heterocycles. The highest BCUT2D eigenvalue weighted by atomic mass is 14.9. The van der Waals surface area contributed by atoms with Crippen LogP contribution in [0.25, 0.3) is 79.1 Å². The number of nitrogens with zero attached hydrogens (tertiary/aromatic N) is 3. The van der Waals surface area contributed by atoms with Crippen molar-refractivity contribution < 1.29 is 0 Å². The monoisotopic (exact) mass is 699 g/mol. The third kappa shape index (κ3) is 4.87. The van der Waals surface area contributed by atoms with E-state index in [9.17, 15) is 0 Å². The smallest absolute Gasteiger partial charge is 0.160 e. The number of fused-ring (bicyclic) bond motifs is 11. The Labute approximate surface area is 320 Å². The zero-order valence-electron chi connectivity index (χ0n) is 29.9. The summed E-state index contributed by atoms with van der Waals surface area (Å²) in [6, 6.07) is 63.4. The number of benzene rings is 7. The molecule has 256 valence electrons. The van der Waals surface area contributed by atoms with Crippen molar-refractivity contribution in [2.45, 2.75) is 5.41 Å². The Morgan fingerprint density at radius 1 is 0.400 bits per heavy atom. The van der Waals surface area contributed by atoms with E-state index in [0.29, 0.717) is 5.82 Å². The van der Waals surface area contributed by atoms with Crippen LogP contribution in [-0.4, -0.2) is 15.0 Å². The molecule has 3 nitrogen and oxygen atoms in total. The average molecular weight is 700 g/mol. The molecule has 55 heavy (non-hydrogen) atoms. The molecule has 2 aliphatic rings. The molecule has 3 heteroatoms. The third-order valence-corrected chi connectivity index (χ3v) is 11.4. The van der Waals surface area contributed by atoms with Gasteiger partial charge in [-0.15, -0.1) is 0 Å². The van der Waals surface area contributed by atoms with E-state index in [-0.39, 0.29) is 0 Å². The molecule has 9 aromatic rings. The maximum Gasteiger partial charge on any atom is 0.160 e. The van der Waals surface area contributed by atoms with Crippen molar-refractivity contribution in [3.63, 3.8) is 0 Å². The molecule has 1 spiro atoms. The summed E-state index contributed by atoms with van der Waals surface area (Å²) < 4.78 is 0. The first-order chi connectivity index (χ1) is 27.3. The van der Waals surface area contributed by atoms with Gasteiger partial charge < -0.3 is 0 Å². The Morgan fingerprint density at radius 2 is 1.07 bits per heavy atom. The van der Waals surface area contributed by atoms with Crippen LogP contribution in [0.15, 0.2) is 188 Å². The summed E-state index contributed by atoms with van der Waals surface area (Å²) in [5, 5.41) is 2.52. The summed E-state index contributed by atoms with van der Waals surface area (Å²) >= 11 is 0. The summed E-state index contributed by atoms with van der Waals surface area (Å²) in [7, 11) is 0. The fraction of sp³-hybridized carbons (Fsp3) is 0.0192. The summed E-state index contributed by atoms with van der Waals surface area (Å²) in [5.74, 6) is 0.697. The van der Waals surface area contributed by atoms with Crippen molar-refractivity contribution in [2.75, 3.05) is 0 Å². The minimum absolute atomic E-state index is 0.554. The molecule has 1 unspecified atom stereocenters. The first-order valence-electron chi connectivity index (χ1n) is 18.8. The second-order valence-corrected chi connectivity index (χ2v) is 14.4. The van der Waals surface area contributed by atoms with Crippen LogP contribution in [0.3, 0.4) is 0 Å². The predicted octanol–water partition coefficient (Wildman–Crippen LogP) is 12.5. The molecule has 11 rings (SSSR count). The zero-order valence-corrected chi connectivity index (χ0v) is 29.9. The van der Waals surface area contributed by atoms with Crippen molar-refractivity contribution in [3.05, 3.63) is 222 Å². The van der Waals surface area contributed by atoms with E-state index in [1.165, 1.54) is 55.3 Å². The first-order valence-corrected chi connectivity index (χ1v) is 18.8. The zero-order chi connectivity index (χ0) is 36.3. The van der Waals surface area contributed by atoms with Crippen LogP contribution in [0.5, 0.6) is 0 Å². The number of hydrogen-bond donors (Lipinski definition) is 0. The van der Waals surface area contributed by atoms with Gasteiger partial charge in [-0.05, 0) is 84.6 Å². The van der Waals surface area contributed by atoms with E-state index in [1.54, 1.807) is 6.20 Å². The van der Waals surface area contributed by atoms with Gasteiger partial charge in [-0.3, -0.25) is 4.98 Å². The topological polar surface area (TPSA) is 38.7 Å².